The number of fused-ring (bicyclic) bond motifs is 2. The molecule has 5 aromatic carbocycles. The molecule has 0 N–H and O–H groups in total. The van der Waals surface area contributed by atoms with Gasteiger partial charge in [0.05, 0.1) is 0 Å². The zero-order valence-electron chi connectivity index (χ0n) is 28.0. The van der Waals surface area contributed by atoms with Gasteiger partial charge in [0.25, 0.3) is 0 Å². The van der Waals surface area contributed by atoms with Gasteiger partial charge in [0.2, 0.25) is 0 Å². The monoisotopic (exact) mass is 667 g/mol. The molecule has 228 valence electrons. The van der Waals surface area contributed by atoms with Crippen LogP contribution in [0.2, 0.25) is 16.6 Å². The van der Waals surface area contributed by atoms with E-state index in [2.05, 4.69) is 179 Å². The van der Waals surface area contributed by atoms with Crippen molar-refractivity contribution in [2.75, 3.05) is 3.52 Å². The Morgan fingerprint density at radius 3 is 1.60 bits per heavy atom. The van der Waals surface area contributed by atoms with Crippen LogP contribution in [-0.4, -0.2) is 23.9 Å². The van der Waals surface area contributed by atoms with Gasteiger partial charge in [-0.05, 0) is 0 Å². The summed E-state index contributed by atoms with van der Waals surface area (Å²) in [5.41, 5.74) is 13.3. The molecule has 0 unspecified atom stereocenters. The molecule has 0 saturated carbocycles. The van der Waals surface area contributed by atoms with Crippen LogP contribution in [0.1, 0.15) is 92.3 Å². The van der Waals surface area contributed by atoms with Gasteiger partial charge in [0.15, 0.2) is 0 Å². The standard InChI is InChI=1S/C42H47GeNSi/c1-29(2)45(30(3)4,31(5)6)44-42-37(40(33-19-11-8-12-20-33)34-21-13-9-14-22-34)27-32(7)28-38(42)41(35-23-15-10-16-24-35)36-25-17-18-26-39(36)43-44/h8-31,40-41H,1-7H3/t41-/m1/s1. The number of hydrogen-bond acceptors (Lipinski definition) is 1. The van der Waals surface area contributed by atoms with Crippen LogP contribution < -0.4 is 7.92 Å². The van der Waals surface area contributed by atoms with E-state index in [1.807, 2.05) is 0 Å². The fourth-order valence-corrected chi connectivity index (χ4v) is 24.1. The van der Waals surface area contributed by atoms with Crippen molar-refractivity contribution < 1.29 is 0 Å². The van der Waals surface area contributed by atoms with E-state index < -0.39 is 23.9 Å². The first kappa shape index (κ1) is 31.6. The van der Waals surface area contributed by atoms with Gasteiger partial charge in [0, 0.05) is 0 Å². The molecule has 0 spiro atoms. The van der Waals surface area contributed by atoms with Crippen molar-refractivity contribution >= 4 is 34.0 Å². The predicted molar refractivity (Wildman–Crippen MR) is 198 cm³/mol. The maximum atomic E-state index is 3.15. The Labute approximate surface area is 279 Å². The number of aryl methyl sites for hydroxylation is 1. The molecule has 1 atom stereocenters. The Balaban J connectivity index is 1.79. The molecule has 1 aliphatic rings. The van der Waals surface area contributed by atoms with E-state index in [0.29, 0.717) is 16.6 Å². The summed E-state index contributed by atoms with van der Waals surface area (Å²) in [7, 11) is -2.12. The SMILES string of the molecule is Cc1cc(C(c2ccccc2)c2ccccc2)c2c(c1)[C@H](c1ccccc1)c1cccc[c]1[Ge][N]2[Si](C(C)C)(C(C)C)C(C)C. The summed E-state index contributed by atoms with van der Waals surface area (Å²) >= 11 is -0.690. The Morgan fingerprint density at radius 1 is 0.578 bits per heavy atom. The Kier molecular flexibility index (Phi) is 9.27. The molecule has 0 amide bonds. The molecule has 5 aromatic rings. The average molecular weight is 667 g/mol. The number of nitrogens with zero attached hydrogens (tertiary/aromatic N) is 1. The normalized spacial score (nSPS) is 15.0. The second-order valence-corrected chi connectivity index (χ2v) is 22.9. The van der Waals surface area contributed by atoms with Gasteiger partial charge in [-0.1, -0.05) is 0 Å². The summed E-state index contributed by atoms with van der Waals surface area (Å²) in [6, 6.07) is 48.3. The van der Waals surface area contributed by atoms with E-state index in [-0.39, 0.29) is 11.8 Å². The maximum absolute atomic E-state index is 3.15. The average Bonchev–Trinajstić information content (AvgIpc) is 3.17. The van der Waals surface area contributed by atoms with E-state index in [0.717, 1.165) is 0 Å². The van der Waals surface area contributed by atoms with E-state index in [1.165, 1.54) is 44.6 Å². The fourth-order valence-electron chi connectivity index (χ4n) is 8.64. The molecular weight excluding hydrogens is 619 g/mol. The summed E-state index contributed by atoms with van der Waals surface area (Å²) < 4.78 is 4.73. The number of anilines is 1. The third-order valence-electron chi connectivity index (χ3n) is 10.2. The molecule has 1 nitrogen and oxygen atoms in total. The second kappa shape index (κ2) is 13.2. The van der Waals surface area contributed by atoms with Gasteiger partial charge >= 0.3 is 281 Å². The summed E-state index contributed by atoms with van der Waals surface area (Å²) in [5.74, 6) is 0.334. The van der Waals surface area contributed by atoms with Crippen LogP contribution in [0.3, 0.4) is 0 Å². The van der Waals surface area contributed by atoms with E-state index in [9.17, 15) is 0 Å². The molecule has 45 heavy (non-hydrogen) atoms. The van der Waals surface area contributed by atoms with Crippen molar-refractivity contribution in [2.24, 2.45) is 0 Å². The van der Waals surface area contributed by atoms with Crippen LogP contribution in [0, 0.1) is 6.92 Å². The summed E-state index contributed by atoms with van der Waals surface area (Å²) in [6.07, 6.45) is 0. The molecule has 0 saturated heterocycles. The minimum absolute atomic E-state index is 0.144. The van der Waals surface area contributed by atoms with Crippen molar-refractivity contribution in [1.82, 2.24) is 0 Å². The molecule has 0 bridgehead atoms. The molecule has 0 aliphatic carbocycles. The van der Waals surface area contributed by atoms with Crippen molar-refractivity contribution in [3.63, 3.8) is 0 Å². The fraction of sp³-hybridized carbons (Fsp3) is 0.286. The zero-order chi connectivity index (χ0) is 31.7. The first-order valence-electron chi connectivity index (χ1n) is 16.7. The Hall–Kier alpha value is -3.34. The van der Waals surface area contributed by atoms with Crippen LogP contribution in [0.15, 0.2) is 127 Å². The van der Waals surface area contributed by atoms with Crippen LogP contribution in [0.5, 0.6) is 0 Å². The van der Waals surface area contributed by atoms with Gasteiger partial charge in [-0.25, -0.2) is 0 Å². The summed E-state index contributed by atoms with van der Waals surface area (Å²) in [5, 5.41) is 0. The van der Waals surface area contributed by atoms with Gasteiger partial charge < -0.3 is 0 Å². The number of hydrogen-bond donors (Lipinski definition) is 0. The van der Waals surface area contributed by atoms with Crippen LogP contribution in [0.4, 0.5) is 5.69 Å². The zero-order valence-corrected chi connectivity index (χ0v) is 31.1. The van der Waals surface area contributed by atoms with Crippen molar-refractivity contribution in [3.8, 4) is 0 Å². The van der Waals surface area contributed by atoms with Gasteiger partial charge in [-0.2, -0.15) is 0 Å². The Bertz CT molecular complexity index is 1670. The quantitative estimate of drug-likeness (QED) is 0.118. The molecular formula is C42H47GeNSi. The second-order valence-electron chi connectivity index (χ2n) is 13.8. The number of rotatable bonds is 8. The molecule has 0 fully saturated rings. The van der Waals surface area contributed by atoms with Gasteiger partial charge in [-0.3, -0.25) is 0 Å². The molecule has 1 heterocycles. The van der Waals surface area contributed by atoms with Crippen molar-refractivity contribution in [2.45, 2.75) is 76.9 Å². The first-order valence-corrected chi connectivity index (χ1v) is 20.9. The third kappa shape index (κ3) is 5.66. The van der Waals surface area contributed by atoms with Gasteiger partial charge in [-0.15, -0.1) is 0 Å². The predicted octanol–water partition coefficient (Wildman–Crippen LogP) is 10.6. The molecule has 2 radical (unpaired) electrons. The van der Waals surface area contributed by atoms with Crippen molar-refractivity contribution in [3.05, 3.63) is 166 Å². The summed E-state index contributed by atoms with van der Waals surface area (Å²) in [4.78, 5) is 0. The van der Waals surface area contributed by atoms with E-state index in [4.69, 9.17) is 0 Å². The molecule has 0 aromatic heterocycles. The van der Waals surface area contributed by atoms with E-state index in [1.54, 1.807) is 4.40 Å². The van der Waals surface area contributed by atoms with Crippen LogP contribution >= 0.6 is 0 Å². The molecule has 6 rings (SSSR count). The van der Waals surface area contributed by atoms with Crippen LogP contribution in [-0.2, 0) is 0 Å². The number of benzene rings is 5. The molecule has 1 aliphatic heterocycles. The minimum atomic E-state index is -2.12. The van der Waals surface area contributed by atoms with Crippen LogP contribution in [0.25, 0.3) is 0 Å². The van der Waals surface area contributed by atoms with Crippen molar-refractivity contribution in [1.29, 1.82) is 0 Å². The topological polar surface area (TPSA) is 3.24 Å². The van der Waals surface area contributed by atoms with E-state index >= 15 is 0 Å². The summed E-state index contributed by atoms with van der Waals surface area (Å²) in [6.45, 7) is 17.5. The first-order chi connectivity index (χ1) is 21.7. The Morgan fingerprint density at radius 2 is 1.07 bits per heavy atom. The van der Waals surface area contributed by atoms with Gasteiger partial charge in [0.1, 0.15) is 0 Å². The third-order valence-corrected chi connectivity index (χ3v) is 22.2. The molecule has 3 heteroatoms.